The van der Waals surface area contributed by atoms with E-state index in [2.05, 4.69) is 32.6 Å². The lowest BCUT2D eigenvalue weighted by molar-refractivity contribution is -0.116. The maximum atomic E-state index is 12.3. The average molecular weight is 298 g/mol. The van der Waals surface area contributed by atoms with Crippen LogP contribution in [0.3, 0.4) is 0 Å². The number of aryl methyl sites for hydroxylation is 2. The molecule has 2 rings (SSSR count). The van der Waals surface area contributed by atoms with E-state index in [0.717, 1.165) is 29.7 Å². The molecule has 1 aliphatic rings. The van der Waals surface area contributed by atoms with Gasteiger partial charge in [-0.2, -0.15) is 0 Å². The number of rotatable bonds is 4. The van der Waals surface area contributed by atoms with Gasteiger partial charge < -0.3 is 4.74 Å². The Balaban J connectivity index is 2.35. The first-order valence-electron chi connectivity index (χ1n) is 7.84. The second-order valence-corrected chi connectivity index (χ2v) is 6.52. The molecule has 1 atom stereocenters. The van der Waals surface area contributed by atoms with Crippen LogP contribution in [0.5, 0.6) is 5.75 Å². The standard InChI is InChI=1S/C20H26O2/c1-12(2)16-9-17(15(5)20(21)11-16)10-19-13(3)7-18(22-6)8-14(19)4/h7-8,16H,1,9-11H2,2-6H3/t16-/m0/s1. The SMILES string of the molecule is C=C(C)[C@@H]1CC(=O)C(C)=C(Cc2c(C)cc(OC)cc2C)C1. The topological polar surface area (TPSA) is 26.3 Å². The van der Waals surface area contributed by atoms with Gasteiger partial charge in [0.15, 0.2) is 5.78 Å². The Morgan fingerprint density at radius 3 is 2.32 bits per heavy atom. The predicted octanol–water partition coefficient (Wildman–Crippen LogP) is 4.73. The molecule has 0 saturated carbocycles. The molecule has 0 N–H and O–H groups in total. The molecule has 22 heavy (non-hydrogen) atoms. The molecular formula is C20H26O2. The Morgan fingerprint density at radius 1 is 1.23 bits per heavy atom. The lowest BCUT2D eigenvalue weighted by Gasteiger charge is -2.26. The third kappa shape index (κ3) is 3.32. The molecule has 1 aromatic carbocycles. The van der Waals surface area contributed by atoms with Crippen molar-refractivity contribution in [2.45, 2.75) is 47.0 Å². The van der Waals surface area contributed by atoms with Crippen molar-refractivity contribution in [2.24, 2.45) is 5.92 Å². The van der Waals surface area contributed by atoms with Crippen molar-refractivity contribution >= 4 is 5.78 Å². The molecule has 0 unspecified atom stereocenters. The highest BCUT2D eigenvalue weighted by Crippen LogP contribution is 2.34. The van der Waals surface area contributed by atoms with Crippen molar-refractivity contribution in [1.82, 2.24) is 0 Å². The first-order valence-corrected chi connectivity index (χ1v) is 7.84. The fraction of sp³-hybridized carbons (Fsp3) is 0.450. The van der Waals surface area contributed by atoms with E-state index in [1.54, 1.807) is 7.11 Å². The number of methoxy groups -OCH3 is 1. The molecule has 0 bridgehead atoms. The maximum absolute atomic E-state index is 12.3. The van der Waals surface area contributed by atoms with Crippen LogP contribution in [0.25, 0.3) is 0 Å². The molecule has 0 aromatic heterocycles. The van der Waals surface area contributed by atoms with Crippen LogP contribution < -0.4 is 4.74 Å². The molecule has 0 heterocycles. The van der Waals surface area contributed by atoms with Crippen molar-refractivity contribution in [2.75, 3.05) is 7.11 Å². The molecule has 118 valence electrons. The van der Waals surface area contributed by atoms with Crippen LogP contribution in [0, 0.1) is 19.8 Å². The van der Waals surface area contributed by atoms with Crippen molar-refractivity contribution < 1.29 is 9.53 Å². The number of carbonyl (C=O) groups is 1. The Kier molecular flexibility index (Phi) is 4.90. The highest BCUT2D eigenvalue weighted by Gasteiger charge is 2.26. The van der Waals surface area contributed by atoms with Crippen LogP contribution >= 0.6 is 0 Å². The summed E-state index contributed by atoms with van der Waals surface area (Å²) in [4.78, 5) is 12.3. The highest BCUT2D eigenvalue weighted by atomic mass is 16.5. The minimum atomic E-state index is 0.276. The van der Waals surface area contributed by atoms with Gasteiger partial charge in [-0.15, -0.1) is 0 Å². The van der Waals surface area contributed by atoms with Crippen LogP contribution in [0.15, 0.2) is 35.4 Å². The zero-order valence-electron chi connectivity index (χ0n) is 14.4. The van der Waals surface area contributed by atoms with Gasteiger partial charge in [0.05, 0.1) is 7.11 Å². The number of Topliss-reactive ketones (excluding diaryl/α,β-unsaturated/α-hetero) is 1. The van der Waals surface area contributed by atoms with Gasteiger partial charge >= 0.3 is 0 Å². The molecule has 1 aliphatic carbocycles. The molecule has 0 radical (unpaired) electrons. The second-order valence-electron chi connectivity index (χ2n) is 6.52. The van der Waals surface area contributed by atoms with Crippen molar-refractivity contribution in [3.05, 3.63) is 52.1 Å². The van der Waals surface area contributed by atoms with Gasteiger partial charge in [-0.05, 0) is 80.9 Å². The molecule has 2 nitrogen and oxygen atoms in total. The summed E-state index contributed by atoms with van der Waals surface area (Å²) in [7, 11) is 1.69. The Hall–Kier alpha value is -1.83. The van der Waals surface area contributed by atoms with Gasteiger partial charge in [-0.25, -0.2) is 0 Å². The summed E-state index contributed by atoms with van der Waals surface area (Å²) >= 11 is 0. The summed E-state index contributed by atoms with van der Waals surface area (Å²) in [5.41, 5.74) is 7.09. The molecule has 0 fully saturated rings. The van der Waals surface area contributed by atoms with Gasteiger partial charge in [0.1, 0.15) is 5.75 Å². The minimum Gasteiger partial charge on any atom is -0.497 e. The van der Waals surface area contributed by atoms with Crippen molar-refractivity contribution in [3.8, 4) is 5.75 Å². The van der Waals surface area contributed by atoms with Crippen LogP contribution in [0.4, 0.5) is 0 Å². The Labute approximate surface area is 133 Å². The largest absolute Gasteiger partial charge is 0.497 e. The monoisotopic (exact) mass is 298 g/mol. The fourth-order valence-corrected chi connectivity index (χ4v) is 3.21. The third-order valence-electron chi connectivity index (χ3n) is 4.87. The van der Waals surface area contributed by atoms with Gasteiger partial charge in [-0.1, -0.05) is 17.7 Å². The first kappa shape index (κ1) is 16.5. The Morgan fingerprint density at radius 2 is 1.82 bits per heavy atom. The van der Waals surface area contributed by atoms with E-state index in [-0.39, 0.29) is 5.78 Å². The van der Waals surface area contributed by atoms with Gasteiger partial charge in [-0.3, -0.25) is 4.79 Å². The Bertz CT molecular complexity index is 627. The van der Waals surface area contributed by atoms with E-state index in [9.17, 15) is 4.79 Å². The predicted molar refractivity (Wildman–Crippen MR) is 91.4 cm³/mol. The highest BCUT2D eigenvalue weighted by molar-refractivity contribution is 5.96. The lowest BCUT2D eigenvalue weighted by atomic mass is 9.78. The molecule has 1 aromatic rings. The quantitative estimate of drug-likeness (QED) is 0.751. The smallest absolute Gasteiger partial charge is 0.159 e. The van der Waals surface area contributed by atoms with E-state index in [1.807, 2.05) is 13.8 Å². The molecular weight excluding hydrogens is 272 g/mol. The zero-order chi connectivity index (χ0) is 16.4. The fourth-order valence-electron chi connectivity index (χ4n) is 3.21. The summed E-state index contributed by atoms with van der Waals surface area (Å²) in [5, 5.41) is 0. The molecule has 0 amide bonds. The van der Waals surface area contributed by atoms with E-state index < -0.39 is 0 Å². The van der Waals surface area contributed by atoms with Crippen LogP contribution in [-0.4, -0.2) is 12.9 Å². The number of allylic oxidation sites excluding steroid dienone is 3. The van der Waals surface area contributed by atoms with E-state index in [0.29, 0.717) is 12.3 Å². The van der Waals surface area contributed by atoms with Gasteiger partial charge in [0.2, 0.25) is 0 Å². The second kappa shape index (κ2) is 6.51. The summed E-state index contributed by atoms with van der Waals surface area (Å²) in [6, 6.07) is 4.14. The van der Waals surface area contributed by atoms with Crippen molar-refractivity contribution in [1.29, 1.82) is 0 Å². The van der Waals surface area contributed by atoms with Crippen molar-refractivity contribution in [3.63, 3.8) is 0 Å². The number of ketones is 1. The lowest BCUT2D eigenvalue weighted by Crippen LogP contribution is -2.20. The number of hydrogen-bond donors (Lipinski definition) is 0. The number of ether oxygens (including phenoxy) is 1. The van der Waals surface area contributed by atoms with Crippen LogP contribution in [0.2, 0.25) is 0 Å². The van der Waals surface area contributed by atoms with E-state index in [1.165, 1.54) is 22.3 Å². The summed E-state index contributed by atoms with van der Waals surface area (Å²) < 4.78 is 5.33. The number of hydrogen-bond acceptors (Lipinski definition) is 2. The molecule has 0 aliphatic heterocycles. The number of carbonyl (C=O) groups excluding carboxylic acids is 1. The molecule has 0 saturated heterocycles. The first-order chi connectivity index (χ1) is 10.3. The normalized spacial score (nSPS) is 18.6. The van der Waals surface area contributed by atoms with E-state index in [4.69, 9.17) is 4.74 Å². The van der Waals surface area contributed by atoms with Gasteiger partial charge in [0, 0.05) is 6.42 Å². The third-order valence-corrected chi connectivity index (χ3v) is 4.87. The average Bonchev–Trinajstić information content (AvgIpc) is 2.46. The summed E-state index contributed by atoms with van der Waals surface area (Å²) in [5.74, 6) is 1.46. The summed E-state index contributed by atoms with van der Waals surface area (Å²) in [6.45, 7) is 12.3. The van der Waals surface area contributed by atoms with Crippen LogP contribution in [-0.2, 0) is 11.2 Å². The summed E-state index contributed by atoms with van der Waals surface area (Å²) in [6.07, 6.45) is 2.42. The van der Waals surface area contributed by atoms with Crippen LogP contribution in [0.1, 0.15) is 43.4 Å². The molecule has 0 spiro atoms. The van der Waals surface area contributed by atoms with E-state index >= 15 is 0 Å². The maximum Gasteiger partial charge on any atom is 0.159 e. The zero-order valence-corrected chi connectivity index (χ0v) is 14.4. The minimum absolute atomic E-state index is 0.276. The number of benzene rings is 1. The van der Waals surface area contributed by atoms with Gasteiger partial charge in [0.25, 0.3) is 0 Å². The molecule has 2 heteroatoms.